The van der Waals surface area contributed by atoms with Crippen molar-refractivity contribution < 1.29 is 17.9 Å². The molecule has 0 aliphatic heterocycles. The van der Waals surface area contributed by atoms with Crippen LogP contribution in [0, 0.1) is 6.92 Å². The van der Waals surface area contributed by atoms with Crippen molar-refractivity contribution in [2.75, 3.05) is 6.61 Å². The molecule has 0 fully saturated rings. The first-order valence-electron chi connectivity index (χ1n) is 7.29. The Labute approximate surface area is 124 Å². The van der Waals surface area contributed by atoms with Crippen molar-refractivity contribution in [1.29, 1.82) is 0 Å². The Morgan fingerprint density at radius 2 is 1.71 bits per heavy atom. The maximum absolute atomic E-state index is 12.7. The van der Waals surface area contributed by atoms with Crippen molar-refractivity contribution in [2.45, 2.75) is 58.4 Å². The first-order chi connectivity index (χ1) is 9.71. The molecule has 0 bridgehead atoms. The topological polar surface area (TPSA) is 35.2 Å². The molecule has 21 heavy (non-hydrogen) atoms. The van der Waals surface area contributed by atoms with Crippen LogP contribution in [0.5, 0.6) is 0 Å². The fourth-order valence-corrected chi connectivity index (χ4v) is 2.76. The van der Waals surface area contributed by atoms with E-state index in [1.54, 1.807) is 6.92 Å². The van der Waals surface area contributed by atoms with Crippen LogP contribution in [0.4, 0.5) is 13.2 Å². The number of aryl methyl sites for hydroxylation is 1. The highest BCUT2D eigenvalue weighted by Gasteiger charge is 2.37. The Morgan fingerprint density at radius 3 is 2.10 bits per heavy atom. The van der Waals surface area contributed by atoms with Crippen molar-refractivity contribution in [3.63, 3.8) is 0 Å². The predicted molar refractivity (Wildman–Crippen MR) is 78.0 cm³/mol. The van der Waals surface area contributed by atoms with E-state index in [1.165, 1.54) is 6.07 Å². The van der Waals surface area contributed by atoms with Crippen LogP contribution in [0.2, 0.25) is 0 Å². The summed E-state index contributed by atoms with van der Waals surface area (Å²) in [5, 5.41) is 0. The summed E-state index contributed by atoms with van der Waals surface area (Å²) in [5.41, 5.74) is 6.40. The molecule has 2 N–H and O–H groups in total. The normalized spacial score (nSPS) is 14.3. The molecule has 120 valence electrons. The lowest BCUT2D eigenvalue weighted by atomic mass is 9.82. The molecular formula is C16H24F3NO. The lowest BCUT2D eigenvalue weighted by molar-refractivity contribution is -0.137. The second-order valence-electron chi connectivity index (χ2n) is 5.25. The maximum Gasteiger partial charge on any atom is 0.416 e. The Kier molecular flexibility index (Phi) is 5.82. The molecule has 0 heterocycles. The Hall–Kier alpha value is -1.07. The smallest absolute Gasteiger partial charge is 0.373 e. The van der Waals surface area contributed by atoms with Crippen LogP contribution < -0.4 is 5.73 Å². The SMILES string of the molecule is CCOC(CC)(CC)C(N)c1ccc(C(F)(F)F)cc1C. The van der Waals surface area contributed by atoms with Crippen LogP contribution in [0.1, 0.15) is 56.3 Å². The van der Waals surface area contributed by atoms with Crippen LogP contribution >= 0.6 is 0 Å². The Balaban J connectivity index is 3.20. The third-order valence-electron chi connectivity index (χ3n) is 4.13. The quantitative estimate of drug-likeness (QED) is 0.833. The molecule has 0 aromatic heterocycles. The van der Waals surface area contributed by atoms with Gasteiger partial charge in [0.05, 0.1) is 17.2 Å². The Morgan fingerprint density at radius 1 is 1.14 bits per heavy atom. The lowest BCUT2D eigenvalue weighted by Crippen LogP contribution is -2.43. The van der Waals surface area contributed by atoms with E-state index >= 15 is 0 Å². The number of halogens is 3. The highest BCUT2D eigenvalue weighted by Crippen LogP contribution is 2.37. The lowest BCUT2D eigenvalue weighted by Gasteiger charge is -2.38. The highest BCUT2D eigenvalue weighted by atomic mass is 19.4. The fraction of sp³-hybridized carbons (Fsp3) is 0.625. The molecule has 0 radical (unpaired) electrons. The third kappa shape index (κ3) is 3.77. The second kappa shape index (κ2) is 6.79. The van der Waals surface area contributed by atoms with Crippen molar-refractivity contribution in [3.8, 4) is 0 Å². The number of hydrogen-bond acceptors (Lipinski definition) is 2. The average molecular weight is 303 g/mol. The summed E-state index contributed by atoms with van der Waals surface area (Å²) in [6, 6.07) is 3.26. The first-order valence-corrected chi connectivity index (χ1v) is 7.29. The number of ether oxygens (including phenoxy) is 1. The monoisotopic (exact) mass is 303 g/mol. The van der Waals surface area contributed by atoms with E-state index in [4.69, 9.17) is 10.5 Å². The summed E-state index contributed by atoms with van der Waals surface area (Å²) in [6.07, 6.45) is -2.92. The number of rotatable bonds is 6. The van der Waals surface area contributed by atoms with Gasteiger partial charge in [-0.05, 0) is 49.9 Å². The molecule has 1 unspecified atom stereocenters. The first kappa shape index (κ1) is 18.0. The van der Waals surface area contributed by atoms with Gasteiger partial charge in [0.15, 0.2) is 0 Å². The van der Waals surface area contributed by atoms with E-state index in [2.05, 4.69) is 0 Å². The maximum atomic E-state index is 12.7. The minimum absolute atomic E-state index is 0.449. The number of nitrogens with two attached hydrogens (primary N) is 1. The van der Waals surface area contributed by atoms with E-state index in [1.807, 2.05) is 20.8 Å². The van der Waals surface area contributed by atoms with Crippen LogP contribution in [-0.2, 0) is 10.9 Å². The van der Waals surface area contributed by atoms with Gasteiger partial charge in [-0.2, -0.15) is 13.2 Å². The molecule has 1 rings (SSSR count). The molecule has 0 saturated heterocycles. The summed E-state index contributed by atoms with van der Waals surface area (Å²) < 4.78 is 44.0. The molecule has 1 aromatic carbocycles. The molecule has 5 heteroatoms. The van der Waals surface area contributed by atoms with E-state index in [-0.39, 0.29) is 0 Å². The summed E-state index contributed by atoms with van der Waals surface area (Å²) in [5.74, 6) is 0. The van der Waals surface area contributed by atoms with Gasteiger partial charge in [-0.3, -0.25) is 0 Å². The van der Waals surface area contributed by atoms with E-state index < -0.39 is 23.4 Å². The van der Waals surface area contributed by atoms with Crippen molar-refractivity contribution in [2.24, 2.45) is 5.73 Å². The van der Waals surface area contributed by atoms with E-state index in [0.29, 0.717) is 30.6 Å². The zero-order chi connectivity index (χ0) is 16.3. The van der Waals surface area contributed by atoms with Gasteiger partial charge in [0, 0.05) is 6.61 Å². The van der Waals surface area contributed by atoms with Gasteiger partial charge in [0.25, 0.3) is 0 Å². The van der Waals surface area contributed by atoms with E-state index in [0.717, 1.165) is 12.1 Å². The molecule has 0 spiro atoms. The van der Waals surface area contributed by atoms with Crippen LogP contribution in [0.25, 0.3) is 0 Å². The van der Waals surface area contributed by atoms with Crippen molar-refractivity contribution in [1.82, 2.24) is 0 Å². The predicted octanol–water partition coefficient (Wildman–Crippen LogP) is 4.61. The van der Waals surface area contributed by atoms with Gasteiger partial charge in [-0.15, -0.1) is 0 Å². The molecule has 0 saturated carbocycles. The second-order valence-corrected chi connectivity index (χ2v) is 5.25. The molecule has 1 aromatic rings. The van der Waals surface area contributed by atoms with Gasteiger partial charge in [0.2, 0.25) is 0 Å². The number of hydrogen-bond donors (Lipinski definition) is 1. The van der Waals surface area contributed by atoms with Crippen molar-refractivity contribution >= 4 is 0 Å². The molecule has 2 nitrogen and oxygen atoms in total. The number of alkyl halides is 3. The highest BCUT2D eigenvalue weighted by molar-refractivity contribution is 5.36. The fourth-order valence-electron chi connectivity index (χ4n) is 2.76. The summed E-state index contributed by atoms with van der Waals surface area (Å²) in [6.45, 7) is 8.05. The molecule has 1 atom stereocenters. The molecule has 0 aliphatic carbocycles. The minimum Gasteiger partial charge on any atom is -0.373 e. The van der Waals surface area contributed by atoms with Crippen LogP contribution in [0.15, 0.2) is 18.2 Å². The minimum atomic E-state index is -4.33. The molecule has 0 amide bonds. The van der Waals surface area contributed by atoms with Crippen LogP contribution in [-0.4, -0.2) is 12.2 Å². The number of benzene rings is 1. The summed E-state index contributed by atoms with van der Waals surface area (Å²) in [4.78, 5) is 0. The largest absolute Gasteiger partial charge is 0.416 e. The van der Waals surface area contributed by atoms with Gasteiger partial charge in [-0.1, -0.05) is 19.9 Å². The van der Waals surface area contributed by atoms with Crippen molar-refractivity contribution in [3.05, 3.63) is 34.9 Å². The zero-order valence-corrected chi connectivity index (χ0v) is 13.1. The third-order valence-corrected chi connectivity index (χ3v) is 4.13. The molecular weight excluding hydrogens is 279 g/mol. The van der Waals surface area contributed by atoms with Crippen LogP contribution in [0.3, 0.4) is 0 Å². The average Bonchev–Trinajstić information content (AvgIpc) is 2.43. The van der Waals surface area contributed by atoms with Gasteiger partial charge in [0.1, 0.15) is 0 Å². The van der Waals surface area contributed by atoms with Gasteiger partial charge >= 0.3 is 6.18 Å². The van der Waals surface area contributed by atoms with E-state index in [9.17, 15) is 13.2 Å². The van der Waals surface area contributed by atoms with Gasteiger partial charge < -0.3 is 10.5 Å². The standard InChI is InChI=1S/C16H24F3NO/c1-5-15(6-2,21-7-3)14(20)13-9-8-12(10-11(13)4)16(17,18)19/h8-10,14H,5-7,20H2,1-4H3. The zero-order valence-electron chi connectivity index (χ0n) is 13.1. The molecule has 0 aliphatic rings. The van der Waals surface area contributed by atoms with Gasteiger partial charge in [-0.25, -0.2) is 0 Å². The Bertz CT molecular complexity index is 467. The summed E-state index contributed by atoms with van der Waals surface area (Å²) in [7, 11) is 0. The summed E-state index contributed by atoms with van der Waals surface area (Å²) >= 11 is 0.